The fourth-order valence-corrected chi connectivity index (χ4v) is 4.17. The van der Waals surface area contributed by atoms with Crippen LogP contribution in [0.1, 0.15) is 42.7 Å². The van der Waals surface area contributed by atoms with E-state index in [2.05, 4.69) is 52.0 Å². The van der Waals surface area contributed by atoms with E-state index in [0.717, 1.165) is 24.4 Å². The fraction of sp³-hybridized carbons (Fsp3) is 0.400. The van der Waals surface area contributed by atoms with Crippen LogP contribution in [0.3, 0.4) is 0 Å². The van der Waals surface area contributed by atoms with Gasteiger partial charge in [0.2, 0.25) is 0 Å². The van der Waals surface area contributed by atoms with Crippen molar-refractivity contribution in [2.24, 2.45) is 0 Å². The highest BCUT2D eigenvalue weighted by molar-refractivity contribution is 7.80. The lowest BCUT2D eigenvalue weighted by molar-refractivity contribution is 0.265. The second-order valence-electron chi connectivity index (χ2n) is 6.47. The Hall–Kier alpha value is -1.78. The number of thiocarbonyl (C=S) groups is 1. The summed E-state index contributed by atoms with van der Waals surface area (Å²) in [5, 5.41) is 7.08. The van der Waals surface area contributed by atoms with Gasteiger partial charge in [-0.15, -0.1) is 0 Å². The summed E-state index contributed by atoms with van der Waals surface area (Å²) in [5.74, 6) is 0.351. The second kappa shape index (κ2) is 7.86. The van der Waals surface area contributed by atoms with Crippen LogP contribution < -0.4 is 10.6 Å². The number of rotatable bonds is 5. The van der Waals surface area contributed by atoms with Crippen LogP contribution in [-0.2, 0) is 6.54 Å². The first-order valence-corrected chi connectivity index (χ1v) is 9.08. The summed E-state index contributed by atoms with van der Waals surface area (Å²) in [5.41, 5.74) is 2.35. The van der Waals surface area contributed by atoms with Crippen molar-refractivity contribution in [2.45, 2.75) is 43.7 Å². The van der Waals surface area contributed by atoms with Crippen molar-refractivity contribution >= 4 is 17.2 Å². The van der Waals surface area contributed by atoms with Gasteiger partial charge in [0.25, 0.3) is 0 Å². The van der Waals surface area contributed by atoms with Crippen LogP contribution >= 0.6 is 12.2 Å². The Morgan fingerprint density at radius 2 is 2.04 bits per heavy atom. The molecule has 126 valence electrons. The average molecular weight is 340 g/mol. The Bertz CT molecular complexity index is 659. The Morgan fingerprint density at radius 3 is 2.75 bits per heavy atom. The molecular weight excluding hydrogens is 314 g/mol. The Morgan fingerprint density at radius 1 is 1.21 bits per heavy atom. The third kappa shape index (κ3) is 3.50. The van der Waals surface area contributed by atoms with Crippen LogP contribution in [0.2, 0.25) is 0 Å². The lowest BCUT2D eigenvalue weighted by Crippen LogP contribution is -2.60. The average Bonchev–Trinajstić information content (AvgIpc) is 2.67. The van der Waals surface area contributed by atoms with E-state index < -0.39 is 0 Å². The predicted octanol–water partition coefficient (Wildman–Crippen LogP) is 3.81. The van der Waals surface area contributed by atoms with E-state index in [4.69, 9.17) is 12.2 Å². The van der Waals surface area contributed by atoms with Crippen LogP contribution in [0.4, 0.5) is 0 Å². The third-order valence-corrected chi connectivity index (χ3v) is 5.65. The number of benzene rings is 1. The highest BCUT2D eigenvalue weighted by atomic mass is 32.1. The standard InChI is InChI=1S/C20H25N3S/c1-21-19(24)20(23-14-16-8-3-2-4-9-16)12-6-5-11-18(20)17-10-7-13-22-15-17/h2-4,7-10,13,15,18,23H,5-6,11-12,14H2,1H3,(H,21,24)/t18-,20+/m1/s1. The Labute approximate surface area is 149 Å². The van der Waals surface area contributed by atoms with Gasteiger partial charge in [-0.3, -0.25) is 4.98 Å². The summed E-state index contributed by atoms with van der Waals surface area (Å²) in [6.45, 7) is 0.819. The normalized spacial score (nSPS) is 23.6. The molecule has 1 aliphatic carbocycles. The van der Waals surface area contributed by atoms with Crippen molar-refractivity contribution in [3.8, 4) is 0 Å². The third-order valence-electron chi connectivity index (χ3n) is 5.08. The van der Waals surface area contributed by atoms with Crippen LogP contribution in [0.5, 0.6) is 0 Å². The molecule has 1 fully saturated rings. The van der Waals surface area contributed by atoms with Crippen molar-refractivity contribution in [1.82, 2.24) is 15.6 Å². The van der Waals surface area contributed by atoms with Gasteiger partial charge in [-0.2, -0.15) is 0 Å². The van der Waals surface area contributed by atoms with Gasteiger partial charge in [0.1, 0.15) is 0 Å². The van der Waals surface area contributed by atoms with Crippen molar-refractivity contribution < 1.29 is 0 Å². The number of pyridine rings is 1. The molecule has 4 heteroatoms. The molecule has 3 rings (SSSR count). The molecule has 0 spiro atoms. The first-order valence-electron chi connectivity index (χ1n) is 8.67. The Kier molecular flexibility index (Phi) is 5.59. The van der Waals surface area contributed by atoms with Crippen LogP contribution in [-0.4, -0.2) is 22.6 Å². The molecule has 1 aliphatic rings. The highest BCUT2D eigenvalue weighted by Gasteiger charge is 2.44. The largest absolute Gasteiger partial charge is 0.381 e. The van der Waals surface area contributed by atoms with Crippen molar-refractivity contribution in [3.63, 3.8) is 0 Å². The van der Waals surface area contributed by atoms with Crippen LogP contribution in [0.25, 0.3) is 0 Å². The molecule has 3 nitrogen and oxygen atoms in total. The van der Waals surface area contributed by atoms with E-state index in [1.807, 2.05) is 25.5 Å². The van der Waals surface area contributed by atoms with Gasteiger partial charge in [0.15, 0.2) is 0 Å². The minimum atomic E-state index is -0.207. The van der Waals surface area contributed by atoms with E-state index >= 15 is 0 Å². The predicted molar refractivity (Wildman–Crippen MR) is 103 cm³/mol. The molecule has 1 heterocycles. The molecule has 0 amide bonds. The number of aromatic nitrogens is 1. The lowest BCUT2D eigenvalue weighted by Gasteiger charge is -2.45. The molecule has 1 aromatic heterocycles. The topological polar surface area (TPSA) is 37.0 Å². The van der Waals surface area contributed by atoms with Gasteiger partial charge in [-0.1, -0.05) is 61.5 Å². The van der Waals surface area contributed by atoms with E-state index in [1.165, 1.54) is 24.0 Å². The number of hydrogen-bond donors (Lipinski definition) is 2. The molecule has 1 aromatic carbocycles. The van der Waals surface area contributed by atoms with Crippen molar-refractivity contribution in [3.05, 3.63) is 66.0 Å². The van der Waals surface area contributed by atoms with E-state index in [1.54, 1.807) is 0 Å². The van der Waals surface area contributed by atoms with Crippen LogP contribution in [0, 0.1) is 0 Å². The van der Waals surface area contributed by atoms with Gasteiger partial charge >= 0.3 is 0 Å². The number of nitrogens with one attached hydrogen (secondary N) is 2. The summed E-state index contributed by atoms with van der Waals surface area (Å²) in [7, 11) is 1.93. The number of likely N-dealkylation sites (N-methyl/N-ethyl adjacent to an activating group) is 1. The van der Waals surface area contributed by atoms with Gasteiger partial charge in [-0.25, -0.2) is 0 Å². The molecule has 0 aliphatic heterocycles. The summed E-state index contributed by atoms with van der Waals surface area (Å²) < 4.78 is 0. The zero-order valence-electron chi connectivity index (χ0n) is 14.2. The SMILES string of the molecule is CNC(=S)[C@]1(NCc2ccccc2)CCCC[C@@H]1c1cccnc1. The van der Waals surface area contributed by atoms with Crippen LogP contribution in [0.15, 0.2) is 54.9 Å². The smallest absolute Gasteiger partial charge is 0.0961 e. The molecular formula is C20H25N3S. The van der Waals surface area contributed by atoms with Gasteiger partial charge < -0.3 is 10.6 Å². The maximum atomic E-state index is 5.79. The zero-order valence-corrected chi connectivity index (χ0v) is 15.0. The number of hydrogen-bond acceptors (Lipinski definition) is 3. The first-order chi connectivity index (χ1) is 11.8. The van der Waals surface area contributed by atoms with Crippen molar-refractivity contribution in [1.29, 1.82) is 0 Å². The molecule has 2 aromatic rings. The summed E-state index contributed by atoms with van der Waals surface area (Å²) in [6, 6.07) is 14.7. The van der Waals surface area contributed by atoms with E-state index in [0.29, 0.717) is 5.92 Å². The summed E-state index contributed by atoms with van der Waals surface area (Å²) in [6.07, 6.45) is 8.45. The zero-order chi connectivity index (χ0) is 16.8. The molecule has 2 N–H and O–H groups in total. The highest BCUT2D eigenvalue weighted by Crippen LogP contribution is 2.41. The number of nitrogens with zero attached hydrogens (tertiary/aromatic N) is 1. The second-order valence-corrected chi connectivity index (χ2v) is 6.88. The van der Waals surface area contributed by atoms with Gasteiger partial charge in [0, 0.05) is 31.9 Å². The minimum absolute atomic E-state index is 0.207. The first kappa shape index (κ1) is 17.1. The van der Waals surface area contributed by atoms with E-state index in [-0.39, 0.29) is 5.54 Å². The molecule has 1 saturated carbocycles. The minimum Gasteiger partial charge on any atom is -0.381 e. The Balaban J connectivity index is 1.91. The lowest BCUT2D eigenvalue weighted by atomic mass is 9.69. The molecule has 0 bridgehead atoms. The molecule has 0 saturated heterocycles. The molecule has 2 atom stereocenters. The quantitative estimate of drug-likeness (QED) is 0.812. The van der Waals surface area contributed by atoms with Crippen molar-refractivity contribution in [2.75, 3.05) is 7.05 Å². The summed E-state index contributed by atoms with van der Waals surface area (Å²) in [4.78, 5) is 5.25. The molecule has 0 radical (unpaired) electrons. The maximum Gasteiger partial charge on any atom is 0.0961 e. The fourth-order valence-electron chi connectivity index (χ4n) is 3.85. The monoisotopic (exact) mass is 339 g/mol. The maximum absolute atomic E-state index is 5.79. The van der Waals surface area contributed by atoms with Gasteiger partial charge in [0.05, 0.1) is 10.5 Å². The van der Waals surface area contributed by atoms with E-state index in [9.17, 15) is 0 Å². The molecule has 0 unspecified atom stereocenters. The van der Waals surface area contributed by atoms with Gasteiger partial charge in [-0.05, 0) is 30.0 Å². The molecule has 24 heavy (non-hydrogen) atoms. The summed E-state index contributed by atoms with van der Waals surface area (Å²) >= 11 is 5.79.